The Hall–Kier alpha value is -3.80. The predicted octanol–water partition coefficient (Wildman–Crippen LogP) is 3.43. The lowest BCUT2D eigenvalue weighted by Gasteiger charge is -2.13. The van der Waals surface area contributed by atoms with E-state index in [1.807, 2.05) is 31.2 Å². The fraction of sp³-hybridized carbons (Fsp3) is 0.0476. The van der Waals surface area contributed by atoms with Crippen molar-refractivity contribution < 1.29 is 19.2 Å². The number of imide groups is 1. The van der Waals surface area contributed by atoms with Gasteiger partial charge in [-0.3, -0.25) is 14.6 Å². The van der Waals surface area contributed by atoms with Gasteiger partial charge in [-0.2, -0.15) is 0 Å². The molecule has 3 aromatic rings. The molecule has 1 aliphatic rings. The summed E-state index contributed by atoms with van der Waals surface area (Å²) < 4.78 is 0. The Kier molecular flexibility index (Phi) is 4.01. The summed E-state index contributed by atoms with van der Waals surface area (Å²) in [7, 11) is 0. The Morgan fingerprint density at radius 3 is 2.26 bits per heavy atom. The van der Waals surface area contributed by atoms with Gasteiger partial charge in [0.05, 0.1) is 16.7 Å². The number of carbonyl (C=O) groups is 3. The van der Waals surface area contributed by atoms with E-state index in [1.54, 1.807) is 24.4 Å². The lowest BCUT2D eigenvalue weighted by molar-refractivity contribution is -0.0584. The van der Waals surface area contributed by atoms with Crippen molar-refractivity contribution >= 4 is 17.8 Å². The van der Waals surface area contributed by atoms with E-state index in [9.17, 15) is 14.4 Å². The molecule has 1 aromatic heterocycles. The monoisotopic (exact) mass is 358 g/mol. The summed E-state index contributed by atoms with van der Waals surface area (Å²) in [4.78, 5) is 46.3. The summed E-state index contributed by atoms with van der Waals surface area (Å²) in [5, 5.41) is 0.492. The van der Waals surface area contributed by atoms with Gasteiger partial charge in [0.25, 0.3) is 11.8 Å². The van der Waals surface area contributed by atoms with E-state index < -0.39 is 17.8 Å². The highest BCUT2D eigenvalue weighted by Gasteiger charge is 2.38. The van der Waals surface area contributed by atoms with Gasteiger partial charge in [0.2, 0.25) is 0 Å². The lowest BCUT2D eigenvalue weighted by atomic mass is 10.0. The molecule has 0 radical (unpaired) electrons. The third-order valence-electron chi connectivity index (χ3n) is 4.26. The van der Waals surface area contributed by atoms with Crippen LogP contribution in [0.1, 0.15) is 36.6 Å². The molecule has 2 amide bonds. The Balaban J connectivity index is 1.59. The molecular formula is C21H14N2O4. The molecule has 2 aromatic carbocycles. The van der Waals surface area contributed by atoms with Crippen LogP contribution in [0.3, 0.4) is 0 Å². The van der Waals surface area contributed by atoms with Crippen molar-refractivity contribution in [1.29, 1.82) is 0 Å². The summed E-state index contributed by atoms with van der Waals surface area (Å²) in [6.45, 7) is 1.97. The van der Waals surface area contributed by atoms with E-state index in [-0.39, 0.29) is 16.7 Å². The predicted molar refractivity (Wildman–Crippen MR) is 96.8 cm³/mol. The molecule has 4 rings (SSSR count). The highest BCUT2D eigenvalue weighted by molar-refractivity contribution is 6.21. The number of rotatable bonds is 3. The van der Waals surface area contributed by atoms with E-state index in [0.717, 1.165) is 16.7 Å². The highest BCUT2D eigenvalue weighted by Crippen LogP contribution is 2.24. The Labute approximate surface area is 155 Å². The van der Waals surface area contributed by atoms with E-state index in [1.165, 1.54) is 18.3 Å². The number of aryl methyl sites for hydroxylation is 1. The standard InChI is InChI=1S/C21H14N2O4/c1-13-5-4-6-14(9-13)15-10-16(12-22-11-15)21(26)27-23-19(24)17-7-2-3-8-18(17)20(23)25/h2-12H,1H3. The van der Waals surface area contributed by atoms with Crippen LogP contribution in [0.15, 0.2) is 67.0 Å². The van der Waals surface area contributed by atoms with Crippen LogP contribution in [0.2, 0.25) is 0 Å². The molecule has 0 N–H and O–H groups in total. The molecule has 0 unspecified atom stereocenters. The zero-order valence-electron chi connectivity index (χ0n) is 14.4. The van der Waals surface area contributed by atoms with Gasteiger partial charge >= 0.3 is 5.97 Å². The molecule has 0 atom stereocenters. The van der Waals surface area contributed by atoms with Gasteiger partial charge in [-0.25, -0.2) is 4.79 Å². The smallest absolute Gasteiger partial charge is 0.324 e. The first-order valence-electron chi connectivity index (χ1n) is 8.27. The first-order chi connectivity index (χ1) is 13.0. The molecule has 27 heavy (non-hydrogen) atoms. The SMILES string of the molecule is Cc1cccc(-c2cncc(C(=O)ON3C(=O)c4ccccc4C3=O)c2)c1. The number of carbonyl (C=O) groups excluding carboxylic acids is 3. The maximum atomic E-state index is 12.5. The zero-order chi connectivity index (χ0) is 19.0. The molecule has 0 fully saturated rings. The van der Waals surface area contributed by atoms with Crippen molar-refractivity contribution in [2.24, 2.45) is 0 Å². The summed E-state index contributed by atoms with van der Waals surface area (Å²) in [5.74, 6) is -2.15. The van der Waals surface area contributed by atoms with Crippen LogP contribution in [0.5, 0.6) is 0 Å². The molecule has 132 valence electrons. The normalized spacial score (nSPS) is 12.9. The second-order valence-electron chi connectivity index (χ2n) is 6.16. The molecule has 0 bridgehead atoms. The van der Waals surface area contributed by atoms with Crippen LogP contribution in [0.4, 0.5) is 0 Å². The van der Waals surface area contributed by atoms with Crippen molar-refractivity contribution in [1.82, 2.24) is 10.0 Å². The number of hydrogen-bond donors (Lipinski definition) is 0. The number of fused-ring (bicyclic) bond motifs is 1. The fourth-order valence-electron chi connectivity index (χ4n) is 2.92. The second-order valence-corrected chi connectivity index (χ2v) is 6.16. The first kappa shape index (κ1) is 16.7. The molecule has 2 heterocycles. The van der Waals surface area contributed by atoms with Crippen LogP contribution in [-0.2, 0) is 4.84 Å². The third-order valence-corrected chi connectivity index (χ3v) is 4.26. The summed E-state index contributed by atoms with van der Waals surface area (Å²) >= 11 is 0. The highest BCUT2D eigenvalue weighted by atomic mass is 16.7. The second kappa shape index (κ2) is 6.49. The molecule has 6 heteroatoms. The minimum Gasteiger partial charge on any atom is -0.324 e. The number of hydroxylamine groups is 2. The topological polar surface area (TPSA) is 76.6 Å². The van der Waals surface area contributed by atoms with Crippen LogP contribution < -0.4 is 0 Å². The maximum Gasteiger partial charge on any atom is 0.365 e. The number of benzene rings is 2. The van der Waals surface area contributed by atoms with Gasteiger partial charge in [0, 0.05) is 18.0 Å². The van der Waals surface area contributed by atoms with Gasteiger partial charge < -0.3 is 4.84 Å². The molecule has 0 saturated carbocycles. The maximum absolute atomic E-state index is 12.5. The van der Waals surface area contributed by atoms with Crippen molar-refractivity contribution in [3.63, 3.8) is 0 Å². The van der Waals surface area contributed by atoms with Crippen LogP contribution >= 0.6 is 0 Å². The Bertz CT molecular complexity index is 1060. The van der Waals surface area contributed by atoms with Crippen molar-refractivity contribution in [3.8, 4) is 11.1 Å². The Morgan fingerprint density at radius 2 is 1.59 bits per heavy atom. The molecular weight excluding hydrogens is 344 g/mol. The van der Waals surface area contributed by atoms with E-state index >= 15 is 0 Å². The molecule has 0 spiro atoms. The Morgan fingerprint density at radius 1 is 0.889 bits per heavy atom. The van der Waals surface area contributed by atoms with Crippen LogP contribution in [0, 0.1) is 6.92 Å². The van der Waals surface area contributed by atoms with Crippen LogP contribution in [0.25, 0.3) is 11.1 Å². The number of hydrogen-bond acceptors (Lipinski definition) is 5. The average Bonchev–Trinajstić information content (AvgIpc) is 2.93. The number of aromatic nitrogens is 1. The van der Waals surface area contributed by atoms with Crippen LogP contribution in [-0.4, -0.2) is 27.8 Å². The van der Waals surface area contributed by atoms with Gasteiger partial charge in [-0.05, 0) is 30.7 Å². The summed E-state index contributed by atoms with van der Waals surface area (Å²) in [6, 6.07) is 15.7. The molecule has 0 saturated heterocycles. The summed E-state index contributed by atoms with van der Waals surface area (Å²) in [6.07, 6.45) is 2.97. The molecule has 1 aliphatic heterocycles. The summed E-state index contributed by atoms with van der Waals surface area (Å²) in [5.41, 5.74) is 3.27. The van der Waals surface area contributed by atoms with Crippen molar-refractivity contribution in [3.05, 3.63) is 89.2 Å². The van der Waals surface area contributed by atoms with Gasteiger partial charge in [-0.15, -0.1) is 0 Å². The minimum absolute atomic E-state index is 0.144. The number of amides is 2. The van der Waals surface area contributed by atoms with E-state index in [4.69, 9.17) is 4.84 Å². The molecule has 0 aliphatic carbocycles. The number of pyridine rings is 1. The minimum atomic E-state index is -0.827. The van der Waals surface area contributed by atoms with Crippen molar-refractivity contribution in [2.75, 3.05) is 0 Å². The third kappa shape index (κ3) is 2.97. The molecule has 6 nitrogen and oxygen atoms in total. The fourth-order valence-corrected chi connectivity index (χ4v) is 2.92. The largest absolute Gasteiger partial charge is 0.365 e. The van der Waals surface area contributed by atoms with Gasteiger partial charge in [-0.1, -0.05) is 47.0 Å². The zero-order valence-corrected chi connectivity index (χ0v) is 14.4. The van der Waals surface area contributed by atoms with E-state index in [0.29, 0.717) is 5.06 Å². The van der Waals surface area contributed by atoms with Gasteiger partial charge in [0.15, 0.2) is 0 Å². The lowest BCUT2D eigenvalue weighted by Crippen LogP contribution is -2.32. The van der Waals surface area contributed by atoms with Gasteiger partial charge in [0.1, 0.15) is 0 Å². The number of nitrogens with zero attached hydrogens (tertiary/aromatic N) is 2. The average molecular weight is 358 g/mol. The quantitative estimate of drug-likeness (QED) is 0.671. The first-order valence-corrected chi connectivity index (χ1v) is 8.27. The van der Waals surface area contributed by atoms with E-state index in [2.05, 4.69) is 4.98 Å². The van der Waals surface area contributed by atoms with Crippen molar-refractivity contribution in [2.45, 2.75) is 6.92 Å².